The number of nitrogens with zero attached hydrogens (tertiary/aromatic N) is 1. The minimum absolute atomic E-state index is 0.407. The number of hydrogen-bond donors (Lipinski definition) is 1. The van der Waals surface area contributed by atoms with Crippen molar-refractivity contribution >= 4 is 0 Å². The van der Waals surface area contributed by atoms with Crippen LogP contribution in [0.1, 0.15) is 63.1 Å². The Labute approximate surface area is 111 Å². The zero-order chi connectivity index (χ0) is 13.0. The first-order chi connectivity index (χ1) is 8.66. The Bertz CT molecular complexity index is 350. The van der Waals surface area contributed by atoms with Crippen LogP contribution in [0.4, 0.5) is 0 Å². The maximum Gasteiger partial charge on any atom is 0.0436 e. The first kappa shape index (κ1) is 13.6. The Morgan fingerprint density at radius 2 is 1.44 bits per heavy atom. The zero-order valence-electron chi connectivity index (χ0n) is 11.9. The number of hydrogen-bond acceptors (Lipinski definition) is 2. The second-order valence-corrected chi connectivity index (χ2v) is 5.72. The number of piperidine rings is 1. The molecule has 0 aliphatic carbocycles. The molecule has 1 fully saturated rings. The lowest BCUT2D eigenvalue weighted by Crippen LogP contribution is -2.42. The van der Waals surface area contributed by atoms with Gasteiger partial charge < -0.3 is 0 Å². The van der Waals surface area contributed by atoms with E-state index in [9.17, 15) is 0 Å². The fraction of sp³-hybridized carbons (Fsp3) is 0.625. The summed E-state index contributed by atoms with van der Waals surface area (Å²) in [6, 6.07) is 9.45. The van der Waals surface area contributed by atoms with Crippen molar-refractivity contribution in [2.45, 2.75) is 52.0 Å². The van der Waals surface area contributed by atoms with Crippen LogP contribution >= 0.6 is 0 Å². The van der Waals surface area contributed by atoms with E-state index in [0.29, 0.717) is 12.0 Å². The Morgan fingerprint density at radius 3 is 2.00 bits per heavy atom. The lowest BCUT2D eigenvalue weighted by atomic mass is 10.00. The Kier molecular flexibility index (Phi) is 4.79. The van der Waals surface area contributed by atoms with Gasteiger partial charge in [0.25, 0.3) is 0 Å². The van der Waals surface area contributed by atoms with E-state index < -0.39 is 0 Å². The highest BCUT2D eigenvalue weighted by Crippen LogP contribution is 2.19. The summed E-state index contributed by atoms with van der Waals surface area (Å²) in [6.45, 7) is 9.11. The van der Waals surface area contributed by atoms with Crippen LogP contribution in [0.25, 0.3) is 0 Å². The first-order valence-corrected chi connectivity index (χ1v) is 7.28. The lowest BCUT2D eigenvalue weighted by Gasteiger charge is -2.30. The largest absolute Gasteiger partial charge is 0.248 e. The molecule has 1 aromatic rings. The van der Waals surface area contributed by atoms with E-state index in [-0.39, 0.29) is 0 Å². The van der Waals surface area contributed by atoms with E-state index in [2.05, 4.69) is 55.5 Å². The van der Waals surface area contributed by atoms with Gasteiger partial charge in [0.2, 0.25) is 0 Å². The van der Waals surface area contributed by atoms with Crippen molar-refractivity contribution in [3.63, 3.8) is 0 Å². The average Bonchev–Trinajstić information content (AvgIpc) is 2.40. The van der Waals surface area contributed by atoms with Crippen LogP contribution in [0.2, 0.25) is 0 Å². The molecular formula is C16H26N2. The van der Waals surface area contributed by atoms with Crippen molar-refractivity contribution < 1.29 is 0 Å². The van der Waals surface area contributed by atoms with E-state index >= 15 is 0 Å². The number of rotatable bonds is 4. The van der Waals surface area contributed by atoms with Crippen LogP contribution in [0, 0.1) is 0 Å². The number of nitrogens with one attached hydrogen (secondary N) is 1. The summed E-state index contributed by atoms with van der Waals surface area (Å²) in [6.07, 6.45) is 4.04. The monoisotopic (exact) mass is 246 g/mol. The van der Waals surface area contributed by atoms with Crippen molar-refractivity contribution in [2.75, 3.05) is 13.1 Å². The van der Waals surface area contributed by atoms with E-state index in [1.807, 2.05) is 0 Å². The van der Waals surface area contributed by atoms with E-state index in [4.69, 9.17) is 0 Å². The normalized spacial score (nSPS) is 19.1. The third-order valence-corrected chi connectivity index (χ3v) is 3.84. The second-order valence-electron chi connectivity index (χ2n) is 5.72. The van der Waals surface area contributed by atoms with Gasteiger partial charge in [-0.15, -0.1) is 0 Å². The molecule has 2 rings (SSSR count). The molecule has 1 aliphatic heterocycles. The molecule has 0 amide bonds. The molecular weight excluding hydrogens is 220 g/mol. The van der Waals surface area contributed by atoms with Crippen LogP contribution in [0.3, 0.4) is 0 Å². The molecule has 0 radical (unpaired) electrons. The smallest absolute Gasteiger partial charge is 0.0436 e. The molecule has 0 bridgehead atoms. The van der Waals surface area contributed by atoms with E-state index in [1.165, 1.54) is 43.5 Å². The van der Waals surface area contributed by atoms with Crippen LogP contribution in [0.15, 0.2) is 24.3 Å². The van der Waals surface area contributed by atoms with Crippen molar-refractivity contribution in [1.29, 1.82) is 0 Å². The molecule has 1 unspecified atom stereocenters. The van der Waals surface area contributed by atoms with Gasteiger partial charge >= 0.3 is 0 Å². The molecule has 1 atom stereocenters. The van der Waals surface area contributed by atoms with Crippen molar-refractivity contribution in [1.82, 2.24) is 10.4 Å². The third-order valence-electron chi connectivity index (χ3n) is 3.84. The standard InChI is InChI=1S/C16H26N2/c1-13(2)15-7-9-16(10-8-15)14(3)17-18-11-5-4-6-12-18/h7-10,13-14,17H,4-6,11-12H2,1-3H3. The maximum atomic E-state index is 3.62. The number of hydrazine groups is 1. The molecule has 1 heterocycles. The fourth-order valence-electron chi connectivity index (χ4n) is 2.54. The quantitative estimate of drug-likeness (QED) is 0.868. The van der Waals surface area contributed by atoms with Crippen molar-refractivity contribution in [2.24, 2.45) is 0 Å². The summed E-state index contributed by atoms with van der Waals surface area (Å²) in [5.41, 5.74) is 6.42. The molecule has 2 nitrogen and oxygen atoms in total. The molecule has 1 saturated heterocycles. The van der Waals surface area contributed by atoms with Gasteiger partial charge in [-0.3, -0.25) is 0 Å². The molecule has 0 aromatic heterocycles. The highest BCUT2D eigenvalue weighted by molar-refractivity contribution is 5.26. The van der Waals surface area contributed by atoms with Crippen LogP contribution in [0.5, 0.6) is 0 Å². The Balaban J connectivity index is 1.93. The van der Waals surface area contributed by atoms with Crippen molar-refractivity contribution in [3.8, 4) is 0 Å². The van der Waals surface area contributed by atoms with Crippen LogP contribution in [-0.2, 0) is 0 Å². The molecule has 1 N–H and O–H groups in total. The van der Waals surface area contributed by atoms with E-state index in [1.54, 1.807) is 0 Å². The zero-order valence-corrected chi connectivity index (χ0v) is 11.9. The molecule has 0 saturated carbocycles. The maximum absolute atomic E-state index is 3.62. The molecule has 100 valence electrons. The summed E-state index contributed by atoms with van der Waals surface area (Å²) >= 11 is 0. The molecule has 0 spiro atoms. The van der Waals surface area contributed by atoms with Gasteiger partial charge in [0, 0.05) is 19.1 Å². The minimum Gasteiger partial charge on any atom is -0.248 e. The van der Waals surface area contributed by atoms with Gasteiger partial charge in [-0.1, -0.05) is 44.5 Å². The van der Waals surface area contributed by atoms with E-state index in [0.717, 1.165) is 0 Å². The Hall–Kier alpha value is -0.860. The highest BCUT2D eigenvalue weighted by Gasteiger charge is 2.13. The lowest BCUT2D eigenvalue weighted by molar-refractivity contribution is 0.133. The van der Waals surface area contributed by atoms with Gasteiger partial charge in [0.1, 0.15) is 0 Å². The molecule has 2 heteroatoms. The Morgan fingerprint density at radius 1 is 0.889 bits per heavy atom. The number of benzene rings is 1. The summed E-state index contributed by atoms with van der Waals surface area (Å²) < 4.78 is 0. The molecule has 1 aliphatic rings. The van der Waals surface area contributed by atoms with Gasteiger partial charge in [-0.25, -0.2) is 10.4 Å². The van der Waals surface area contributed by atoms with Crippen molar-refractivity contribution in [3.05, 3.63) is 35.4 Å². The summed E-state index contributed by atoms with van der Waals surface area (Å²) in [5, 5.41) is 2.38. The first-order valence-electron chi connectivity index (χ1n) is 7.28. The van der Waals surface area contributed by atoms with Gasteiger partial charge in [0.05, 0.1) is 0 Å². The summed E-state index contributed by atoms with van der Waals surface area (Å²) in [5.74, 6) is 0.615. The summed E-state index contributed by atoms with van der Waals surface area (Å²) in [7, 11) is 0. The van der Waals surface area contributed by atoms with Gasteiger partial charge in [-0.2, -0.15) is 0 Å². The molecule has 1 aromatic carbocycles. The predicted molar refractivity (Wildman–Crippen MR) is 77.5 cm³/mol. The molecule has 18 heavy (non-hydrogen) atoms. The van der Waals surface area contributed by atoms with Crippen LogP contribution in [-0.4, -0.2) is 18.1 Å². The van der Waals surface area contributed by atoms with Crippen LogP contribution < -0.4 is 5.43 Å². The average molecular weight is 246 g/mol. The summed E-state index contributed by atoms with van der Waals surface area (Å²) in [4.78, 5) is 0. The minimum atomic E-state index is 0.407. The third kappa shape index (κ3) is 3.56. The predicted octanol–water partition coefficient (Wildman–Crippen LogP) is 3.86. The second kappa shape index (κ2) is 6.35. The van der Waals surface area contributed by atoms with Gasteiger partial charge in [0.15, 0.2) is 0 Å². The highest BCUT2D eigenvalue weighted by atomic mass is 15.5. The van der Waals surface area contributed by atoms with Gasteiger partial charge in [-0.05, 0) is 36.8 Å². The topological polar surface area (TPSA) is 15.3 Å². The SMILES string of the molecule is CC(C)c1ccc(C(C)NN2CCCCC2)cc1. The fourth-order valence-corrected chi connectivity index (χ4v) is 2.54.